The van der Waals surface area contributed by atoms with Crippen LogP contribution in [0.1, 0.15) is 64.0 Å². The minimum absolute atomic E-state index is 0.00827. The number of hydrogen-bond donors (Lipinski definition) is 1. The Labute approximate surface area is 232 Å². The third kappa shape index (κ3) is 6.34. The number of amides is 1. The smallest absolute Gasteiger partial charge is 0.272 e. The van der Waals surface area contributed by atoms with Crippen LogP contribution in [0.5, 0.6) is 0 Å². The van der Waals surface area contributed by atoms with Gasteiger partial charge in [0.1, 0.15) is 5.69 Å². The van der Waals surface area contributed by atoms with Gasteiger partial charge in [0, 0.05) is 53.9 Å². The minimum atomic E-state index is -0.217. The van der Waals surface area contributed by atoms with Crippen molar-refractivity contribution >= 4 is 28.5 Å². The third-order valence-corrected chi connectivity index (χ3v) is 7.21. The second kappa shape index (κ2) is 11.4. The van der Waals surface area contributed by atoms with Crippen LogP contribution in [0.3, 0.4) is 0 Å². The van der Waals surface area contributed by atoms with E-state index in [-0.39, 0.29) is 28.4 Å². The van der Waals surface area contributed by atoms with Gasteiger partial charge in [0.25, 0.3) is 11.5 Å². The lowest BCUT2D eigenvalue weighted by Crippen LogP contribution is -2.23. The Morgan fingerprint density at radius 1 is 1.00 bits per heavy atom. The molecule has 0 spiro atoms. The molecular formula is C31H32N4O3S. The summed E-state index contributed by atoms with van der Waals surface area (Å²) >= 11 is 1.13. The highest BCUT2D eigenvalue weighted by Gasteiger charge is 2.17. The molecule has 1 N–H and O–H groups in total. The van der Waals surface area contributed by atoms with Gasteiger partial charge in [-0.1, -0.05) is 56.8 Å². The molecule has 0 aliphatic rings. The maximum Gasteiger partial charge on any atom is 0.272 e. The van der Waals surface area contributed by atoms with Crippen molar-refractivity contribution in [1.82, 2.24) is 14.5 Å². The van der Waals surface area contributed by atoms with E-state index in [1.54, 1.807) is 31.6 Å². The zero-order valence-electron chi connectivity index (χ0n) is 23.0. The number of thioether (sulfide) groups is 1. The average Bonchev–Trinajstić information content (AvgIpc) is 2.92. The van der Waals surface area contributed by atoms with Crippen LogP contribution in [-0.4, -0.2) is 31.8 Å². The van der Waals surface area contributed by atoms with E-state index in [4.69, 9.17) is 0 Å². The third-order valence-electron chi connectivity index (χ3n) is 6.60. The number of carbonyl (C=O) groups is 2. The summed E-state index contributed by atoms with van der Waals surface area (Å²) < 4.78 is 1.50. The number of carbonyl (C=O) groups excluding carboxylic acids is 2. The molecule has 4 rings (SSSR count). The number of benzene rings is 2. The largest absolute Gasteiger partial charge is 0.322 e. The highest BCUT2D eigenvalue weighted by atomic mass is 32.2. The standard InChI is InChI=1S/C31H32N4O3S/c1-19-24(8-7-9-25(19)34-28(36)20-10-13-22(14-11-20)31(2,3)4)27-18-35(5)29(37)26(33-27)16-23-15-12-21(17-32-23)30(38)39-6/h7-15,17-18H,16H2,1-6H3,(H,34,36). The van der Waals surface area contributed by atoms with E-state index < -0.39 is 0 Å². The molecule has 0 saturated heterocycles. The van der Waals surface area contributed by atoms with Crippen molar-refractivity contribution in [2.24, 2.45) is 7.05 Å². The van der Waals surface area contributed by atoms with E-state index in [2.05, 4.69) is 36.1 Å². The summed E-state index contributed by atoms with van der Waals surface area (Å²) in [4.78, 5) is 46.8. The van der Waals surface area contributed by atoms with Gasteiger partial charge in [0.2, 0.25) is 5.12 Å². The fourth-order valence-corrected chi connectivity index (χ4v) is 4.57. The van der Waals surface area contributed by atoms with E-state index >= 15 is 0 Å². The first-order chi connectivity index (χ1) is 18.5. The van der Waals surface area contributed by atoms with Crippen molar-refractivity contribution in [2.45, 2.75) is 39.5 Å². The summed E-state index contributed by atoms with van der Waals surface area (Å²) in [6.45, 7) is 8.33. The van der Waals surface area contributed by atoms with Crippen LogP contribution in [0.25, 0.3) is 11.3 Å². The quantitative estimate of drug-likeness (QED) is 0.333. The maximum absolute atomic E-state index is 13.0. The fourth-order valence-electron chi connectivity index (χ4n) is 4.22. The summed E-state index contributed by atoms with van der Waals surface area (Å²) in [5.74, 6) is -0.195. The van der Waals surface area contributed by atoms with Gasteiger partial charge >= 0.3 is 0 Å². The van der Waals surface area contributed by atoms with Gasteiger partial charge in [-0.2, -0.15) is 0 Å². The molecule has 39 heavy (non-hydrogen) atoms. The first-order valence-electron chi connectivity index (χ1n) is 12.6. The van der Waals surface area contributed by atoms with Gasteiger partial charge in [-0.15, -0.1) is 0 Å². The predicted octanol–water partition coefficient (Wildman–Crippen LogP) is 5.79. The fraction of sp³-hybridized carbons (Fsp3) is 0.258. The molecule has 200 valence electrons. The van der Waals surface area contributed by atoms with Crippen LogP contribution in [0, 0.1) is 6.92 Å². The topological polar surface area (TPSA) is 94.0 Å². The highest BCUT2D eigenvalue weighted by Crippen LogP contribution is 2.28. The normalized spacial score (nSPS) is 11.3. The second-order valence-corrected chi connectivity index (χ2v) is 11.2. The molecule has 0 atom stereocenters. The summed E-state index contributed by atoms with van der Waals surface area (Å²) in [6.07, 6.45) is 5.17. The molecule has 0 bridgehead atoms. The lowest BCUT2D eigenvalue weighted by Gasteiger charge is -2.19. The summed E-state index contributed by atoms with van der Waals surface area (Å²) in [6, 6.07) is 16.7. The Morgan fingerprint density at radius 2 is 1.69 bits per heavy atom. The van der Waals surface area contributed by atoms with Gasteiger partial charge in [0.05, 0.1) is 5.69 Å². The molecule has 0 unspecified atom stereocenters. The number of hydrogen-bond acceptors (Lipinski definition) is 6. The zero-order valence-corrected chi connectivity index (χ0v) is 23.8. The monoisotopic (exact) mass is 540 g/mol. The van der Waals surface area contributed by atoms with Gasteiger partial charge in [-0.05, 0) is 60.1 Å². The number of aromatic nitrogens is 3. The minimum Gasteiger partial charge on any atom is -0.322 e. The maximum atomic E-state index is 13.0. The summed E-state index contributed by atoms with van der Waals surface area (Å²) in [5, 5.41) is 2.96. The number of pyridine rings is 1. The van der Waals surface area contributed by atoms with Crippen LogP contribution in [0.4, 0.5) is 5.69 Å². The molecule has 0 aliphatic carbocycles. The van der Waals surface area contributed by atoms with Crippen LogP contribution < -0.4 is 10.9 Å². The average molecular weight is 541 g/mol. The first-order valence-corrected chi connectivity index (χ1v) is 13.8. The molecule has 2 aromatic heterocycles. The Hall–Kier alpha value is -4.04. The Balaban J connectivity index is 1.60. The molecule has 0 radical (unpaired) electrons. The lowest BCUT2D eigenvalue weighted by atomic mass is 9.86. The van der Waals surface area contributed by atoms with Gasteiger partial charge < -0.3 is 9.88 Å². The summed E-state index contributed by atoms with van der Waals surface area (Å²) in [7, 11) is 1.69. The summed E-state index contributed by atoms with van der Waals surface area (Å²) in [5.41, 5.74) is 5.97. The first kappa shape index (κ1) is 28.0. The molecule has 0 aliphatic heterocycles. The Bertz CT molecular complexity index is 1580. The van der Waals surface area contributed by atoms with E-state index in [1.807, 2.05) is 49.4 Å². The lowest BCUT2D eigenvalue weighted by molar-refractivity contribution is 0.102. The molecular weight excluding hydrogens is 508 g/mol. The van der Waals surface area contributed by atoms with Crippen molar-refractivity contribution in [2.75, 3.05) is 11.6 Å². The molecule has 4 aromatic rings. The number of nitrogens with zero attached hydrogens (tertiary/aromatic N) is 3. The molecule has 1 amide bonds. The van der Waals surface area contributed by atoms with Crippen LogP contribution in [0.2, 0.25) is 0 Å². The van der Waals surface area contributed by atoms with Gasteiger partial charge in [-0.3, -0.25) is 19.4 Å². The molecule has 8 heteroatoms. The number of anilines is 1. The van der Waals surface area contributed by atoms with E-state index in [0.717, 1.165) is 28.5 Å². The van der Waals surface area contributed by atoms with Crippen molar-refractivity contribution < 1.29 is 9.59 Å². The molecule has 0 saturated carbocycles. The molecule has 2 heterocycles. The SMILES string of the molecule is CSC(=O)c1ccc(Cc2nc(-c3cccc(NC(=O)c4ccc(C(C)(C)C)cc4)c3C)cn(C)c2=O)nc1. The predicted molar refractivity (Wildman–Crippen MR) is 158 cm³/mol. The van der Waals surface area contributed by atoms with E-state index in [0.29, 0.717) is 33.9 Å². The number of aryl methyl sites for hydroxylation is 1. The zero-order chi connectivity index (χ0) is 28.3. The highest BCUT2D eigenvalue weighted by molar-refractivity contribution is 8.13. The number of nitrogens with one attached hydrogen (secondary N) is 1. The van der Waals surface area contributed by atoms with Crippen LogP contribution in [0.15, 0.2) is 71.8 Å². The van der Waals surface area contributed by atoms with Crippen molar-refractivity contribution in [3.05, 3.63) is 111 Å². The second-order valence-electron chi connectivity index (χ2n) is 10.5. The molecule has 7 nitrogen and oxygen atoms in total. The van der Waals surface area contributed by atoms with E-state index in [1.165, 1.54) is 10.8 Å². The molecule has 2 aromatic carbocycles. The van der Waals surface area contributed by atoms with Gasteiger partial charge in [-0.25, -0.2) is 4.98 Å². The Kier molecular flexibility index (Phi) is 8.16. The van der Waals surface area contributed by atoms with Crippen molar-refractivity contribution in [1.29, 1.82) is 0 Å². The molecule has 0 fully saturated rings. The van der Waals surface area contributed by atoms with Crippen LogP contribution >= 0.6 is 11.8 Å². The van der Waals surface area contributed by atoms with Gasteiger partial charge in [0.15, 0.2) is 0 Å². The Morgan fingerprint density at radius 3 is 2.31 bits per heavy atom. The van der Waals surface area contributed by atoms with Crippen molar-refractivity contribution in [3.63, 3.8) is 0 Å². The number of rotatable bonds is 6. The van der Waals surface area contributed by atoms with Crippen molar-refractivity contribution in [3.8, 4) is 11.3 Å². The van der Waals surface area contributed by atoms with E-state index in [9.17, 15) is 14.4 Å². The van der Waals surface area contributed by atoms with Crippen LogP contribution in [-0.2, 0) is 18.9 Å².